The van der Waals surface area contributed by atoms with E-state index < -0.39 is 0 Å². The maximum absolute atomic E-state index is 11.2. The monoisotopic (exact) mass is 309 g/mol. The highest BCUT2D eigenvalue weighted by molar-refractivity contribution is 5.86. The predicted molar refractivity (Wildman–Crippen MR) is 89.0 cm³/mol. The topological polar surface area (TPSA) is 74.8 Å². The summed E-state index contributed by atoms with van der Waals surface area (Å²) in [4.78, 5) is 22.3. The van der Waals surface area contributed by atoms with E-state index in [0.29, 0.717) is 12.5 Å². The number of amides is 1. The molecule has 0 bridgehead atoms. The summed E-state index contributed by atoms with van der Waals surface area (Å²) in [5, 5.41) is 9.37. The van der Waals surface area contributed by atoms with Crippen molar-refractivity contribution in [1.29, 1.82) is 0 Å². The maximum Gasteiger partial charge on any atom is 0.264 e. The maximum atomic E-state index is 11.2. The Kier molecular flexibility index (Phi) is 4.37. The van der Waals surface area contributed by atoms with Gasteiger partial charge in [-0.05, 0) is 54.5 Å². The number of carbonyl (C=O) groups excluding carboxylic acids is 1. The molecule has 23 heavy (non-hydrogen) atoms. The van der Waals surface area contributed by atoms with Gasteiger partial charge in [0.25, 0.3) is 5.56 Å². The van der Waals surface area contributed by atoms with E-state index in [9.17, 15) is 9.59 Å². The fourth-order valence-corrected chi connectivity index (χ4v) is 3.05. The Morgan fingerprint density at radius 2 is 2.13 bits per heavy atom. The number of carbonyl (C=O) groups is 1. The van der Waals surface area contributed by atoms with Crippen LogP contribution in [0.15, 0.2) is 47.8 Å². The van der Waals surface area contributed by atoms with Gasteiger partial charge in [0.1, 0.15) is 0 Å². The second-order valence-electron chi connectivity index (χ2n) is 5.85. The number of benzene rings is 1. The van der Waals surface area contributed by atoms with Gasteiger partial charge >= 0.3 is 0 Å². The van der Waals surface area contributed by atoms with Gasteiger partial charge in [0.2, 0.25) is 5.91 Å². The van der Waals surface area contributed by atoms with Crippen LogP contribution in [-0.2, 0) is 17.6 Å². The first-order valence-corrected chi connectivity index (χ1v) is 7.74. The van der Waals surface area contributed by atoms with Crippen molar-refractivity contribution < 1.29 is 4.79 Å². The smallest absolute Gasteiger partial charge is 0.264 e. The van der Waals surface area contributed by atoms with Crippen LogP contribution in [0.25, 0.3) is 11.3 Å². The van der Waals surface area contributed by atoms with Crippen LogP contribution >= 0.6 is 0 Å². The molecular formula is C18H19N3O2. The molecule has 0 spiro atoms. The Labute approximate surface area is 134 Å². The van der Waals surface area contributed by atoms with Gasteiger partial charge in [0.05, 0.1) is 5.69 Å². The SMILES string of the molecule is C=CC(=O)NCCC1Cc2ccc(-c3ccc(=O)[nH]n3)cc2C1. The summed E-state index contributed by atoms with van der Waals surface area (Å²) >= 11 is 0. The van der Waals surface area contributed by atoms with Crippen molar-refractivity contribution in [3.63, 3.8) is 0 Å². The van der Waals surface area contributed by atoms with Gasteiger partial charge < -0.3 is 5.32 Å². The lowest BCUT2D eigenvalue weighted by Crippen LogP contribution is -2.23. The molecule has 0 radical (unpaired) electrons. The molecule has 1 amide bonds. The molecule has 0 fully saturated rings. The predicted octanol–water partition coefficient (Wildman–Crippen LogP) is 1.84. The molecule has 5 heteroatoms. The summed E-state index contributed by atoms with van der Waals surface area (Å²) in [6.07, 6.45) is 4.31. The van der Waals surface area contributed by atoms with Crippen LogP contribution in [0.1, 0.15) is 17.5 Å². The van der Waals surface area contributed by atoms with E-state index in [1.165, 1.54) is 23.3 Å². The van der Waals surface area contributed by atoms with E-state index in [-0.39, 0.29) is 11.5 Å². The van der Waals surface area contributed by atoms with E-state index in [1.54, 1.807) is 6.07 Å². The highest BCUT2D eigenvalue weighted by Crippen LogP contribution is 2.31. The summed E-state index contributed by atoms with van der Waals surface area (Å²) < 4.78 is 0. The second kappa shape index (κ2) is 6.60. The Morgan fingerprint density at radius 1 is 1.30 bits per heavy atom. The molecule has 1 aliphatic rings. The zero-order chi connectivity index (χ0) is 16.2. The van der Waals surface area contributed by atoms with Crippen LogP contribution < -0.4 is 10.9 Å². The first-order chi connectivity index (χ1) is 11.2. The van der Waals surface area contributed by atoms with E-state index in [0.717, 1.165) is 30.5 Å². The number of H-pyrrole nitrogens is 1. The Hall–Kier alpha value is -2.69. The quantitative estimate of drug-likeness (QED) is 0.828. The molecule has 0 saturated heterocycles. The van der Waals surface area contributed by atoms with Crippen LogP contribution in [0.5, 0.6) is 0 Å². The van der Waals surface area contributed by atoms with Gasteiger partial charge in [0, 0.05) is 18.2 Å². The van der Waals surface area contributed by atoms with Crippen molar-refractivity contribution in [2.45, 2.75) is 19.3 Å². The fraction of sp³-hybridized carbons (Fsp3) is 0.278. The van der Waals surface area contributed by atoms with E-state index >= 15 is 0 Å². The van der Waals surface area contributed by atoms with Crippen LogP contribution in [-0.4, -0.2) is 22.6 Å². The normalized spacial score (nSPS) is 15.9. The molecule has 1 aliphatic carbocycles. The molecule has 0 saturated carbocycles. The number of hydrogen-bond donors (Lipinski definition) is 2. The number of hydrogen-bond acceptors (Lipinski definition) is 3. The standard InChI is InChI=1S/C18H19N3O2/c1-2-17(22)19-8-7-12-9-13-3-4-14(11-15(13)10-12)16-5-6-18(23)21-20-16/h2-6,11-12H,1,7-10H2,(H,19,22)(H,21,23). The van der Waals surface area contributed by atoms with Crippen molar-refractivity contribution in [3.05, 3.63) is 64.5 Å². The molecule has 1 unspecified atom stereocenters. The molecule has 1 aromatic carbocycles. The molecule has 2 N–H and O–H groups in total. The third kappa shape index (κ3) is 3.56. The molecule has 1 heterocycles. The van der Waals surface area contributed by atoms with E-state index in [2.05, 4.69) is 34.2 Å². The average molecular weight is 309 g/mol. The number of aromatic amines is 1. The van der Waals surface area contributed by atoms with Crippen molar-refractivity contribution in [2.24, 2.45) is 5.92 Å². The van der Waals surface area contributed by atoms with Crippen LogP contribution in [0.4, 0.5) is 0 Å². The Balaban J connectivity index is 1.66. The lowest BCUT2D eigenvalue weighted by Gasteiger charge is -2.08. The molecule has 2 aromatic rings. The number of rotatable bonds is 5. The number of nitrogens with zero attached hydrogens (tertiary/aromatic N) is 1. The largest absolute Gasteiger partial charge is 0.353 e. The minimum Gasteiger partial charge on any atom is -0.353 e. The molecule has 1 aromatic heterocycles. The molecule has 118 valence electrons. The third-order valence-electron chi connectivity index (χ3n) is 4.24. The highest BCUT2D eigenvalue weighted by Gasteiger charge is 2.21. The third-order valence-corrected chi connectivity index (χ3v) is 4.24. The lowest BCUT2D eigenvalue weighted by molar-refractivity contribution is -0.116. The van der Waals surface area contributed by atoms with E-state index in [4.69, 9.17) is 0 Å². The molecule has 1 atom stereocenters. The number of nitrogens with one attached hydrogen (secondary N) is 2. The molecule has 5 nitrogen and oxygen atoms in total. The summed E-state index contributed by atoms with van der Waals surface area (Å²) in [6, 6.07) is 9.55. The summed E-state index contributed by atoms with van der Waals surface area (Å²) in [5.74, 6) is 0.431. The Bertz CT molecular complexity index is 775. The average Bonchev–Trinajstić information content (AvgIpc) is 2.97. The molecular weight excluding hydrogens is 290 g/mol. The minimum absolute atomic E-state index is 0.119. The lowest BCUT2D eigenvalue weighted by atomic mass is 10.0. The van der Waals surface area contributed by atoms with Crippen LogP contribution in [0.2, 0.25) is 0 Å². The van der Waals surface area contributed by atoms with Gasteiger partial charge in [-0.1, -0.05) is 18.7 Å². The van der Waals surface area contributed by atoms with Crippen molar-refractivity contribution in [3.8, 4) is 11.3 Å². The van der Waals surface area contributed by atoms with Crippen LogP contribution in [0.3, 0.4) is 0 Å². The first-order valence-electron chi connectivity index (χ1n) is 7.74. The highest BCUT2D eigenvalue weighted by atomic mass is 16.1. The van der Waals surface area contributed by atoms with Gasteiger partial charge in [-0.15, -0.1) is 0 Å². The summed E-state index contributed by atoms with van der Waals surface area (Å²) in [7, 11) is 0. The van der Waals surface area contributed by atoms with Gasteiger partial charge in [-0.2, -0.15) is 5.10 Å². The Morgan fingerprint density at radius 3 is 2.87 bits per heavy atom. The minimum atomic E-state index is -0.198. The van der Waals surface area contributed by atoms with Gasteiger partial charge in [-0.25, -0.2) is 5.10 Å². The fourth-order valence-electron chi connectivity index (χ4n) is 3.05. The first kappa shape index (κ1) is 15.2. The van der Waals surface area contributed by atoms with Crippen molar-refractivity contribution in [2.75, 3.05) is 6.54 Å². The molecule has 0 aliphatic heterocycles. The summed E-state index contributed by atoms with van der Waals surface area (Å²) in [5.41, 5.74) is 4.28. The number of fused-ring (bicyclic) bond motifs is 1. The van der Waals surface area contributed by atoms with Crippen molar-refractivity contribution >= 4 is 5.91 Å². The van der Waals surface area contributed by atoms with Crippen molar-refractivity contribution in [1.82, 2.24) is 15.5 Å². The molecule has 3 rings (SSSR count). The van der Waals surface area contributed by atoms with E-state index in [1.807, 2.05) is 6.07 Å². The van der Waals surface area contributed by atoms with Gasteiger partial charge in [0.15, 0.2) is 0 Å². The second-order valence-corrected chi connectivity index (χ2v) is 5.85. The summed E-state index contributed by atoms with van der Waals surface area (Å²) in [6.45, 7) is 4.13. The van der Waals surface area contributed by atoms with Gasteiger partial charge in [-0.3, -0.25) is 9.59 Å². The number of aromatic nitrogens is 2. The zero-order valence-electron chi connectivity index (χ0n) is 12.8. The van der Waals surface area contributed by atoms with Crippen LogP contribution in [0, 0.1) is 5.92 Å². The zero-order valence-corrected chi connectivity index (χ0v) is 12.8.